The molecule has 0 bridgehead atoms. The van der Waals surface area contributed by atoms with E-state index in [9.17, 15) is 4.79 Å². The molecule has 1 aliphatic heterocycles. The van der Waals surface area contributed by atoms with E-state index in [1.165, 1.54) is 11.5 Å². The average molecular weight is 253 g/mol. The lowest BCUT2D eigenvalue weighted by atomic mass is 10.1. The molecule has 17 heavy (non-hydrogen) atoms. The van der Waals surface area contributed by atoms with Crippen molar-refractivity contribution in [2.45, 2.75) is 32.7 Å². The van der Waals surface area contributed by atoms with Crippen molar-refractivity contribution in [3.05, 3.63) is 11.3 Å². The third-order valence-electron chi connectivity index (χ3n) is 3.27. The Balaban J connectivity index is 2.06. The molecule has 0 spiro atoms. The largest absolute Gasteiger partial charge is 0.372 e. The molecular formula is C12H19N3OS. The number of Topliss-reactive ketones (excluding diaryl/α,β-unsaturated/α-hetero) is 1. The number of likely N-dealkylation sites (tertiary alicyclic amines) is 1. The SMILES string of the molecule is CC(=O)c1c(C)nsc1NC1CCN(C)CC1. The fourth-order valence-corrected chi connectivity index (χ4v) is 3.14. The minimum atomic E-state index is 0.103. The van der Waals surface area contributed by atoms with Gasteiger partial charge < -0.3 is 10.2 Å². The number of ketones is 1. The second kappa shape index (κ2) is 5.14. The Morgan fingerprint density at radius 2 is 2.12 bits per heavy atom. The number of hydrogen-bond donors (Lipinski definition) is 1. The predicted molar refractivity (Wildman–Crippen MR) is 71.0 cm³/mol. The third kappa shape index (κ3) is 2.84. The van der Waals surface area contributed by atoms with E-state index in [0.29, 0.717) is 6.04 Å². The highest BCUT2D eigenvalue weighted by atomic mass is 32.1. The number of aryl methyl sites for hydroxylation is 1. The Morgan fingerprint density at radius 3 is 2.71 bits per heavy atom. The Labute approximate surface area is 106 Å². The number of carbonyl (C=O) groups excluding carboxylic acids is 1. The van der Waals surface area contributed by atoms with Gasteiger partial charge in [-0.05, 0) is 58.4 Å². The van der Waals surface area contributed by atoms with Crippen molar-refractivity contribution in [1.82, 2.24) is 9.27 Å². The third-order valence-corrected chi connectivity index (χ3v) is 4.14. The van der Waals surface area contributed by atoms with E-state index < -0.39 is 0 Å². The van der Waals surface area contributed by atoms with Crippen LogP contribution in [0.25, 0.3) is 0 Å². The van der Waals surface area contributed by atoms with Gasteiger partial charge in [0.1, 0.15) is 5.00 Å². The van der Waals surface area contributed by atoms with Gasteiger partial charge in [-0.3, -0.25) is 4.79 Å². The first kappa shape index (κ1) is 12.5. The van der Waals surface area contributed by atoms with Crippen molar-refractivity contribution in [3.8, 4) is 0 Å². The first-order valence-electron chi connectivity index (χ1n) is 6.00. The topological polar surface area (TPSA) is 45.2 Å². The van der Waals surface area contributed by atoms with Crippen LogP contribution in [-0.4, -0.2) is 41.2 Å². The fourth-order valence-electron chi connectivity index (χ4n) is 2.22. The van der Waals surface area contributed by atoms with E-state index >= 15 is 0 Å². The van der Waals surface area contributed by atoms with Gasteiger partial charge in [0.05, 0.1) is 11.3 Å². The summed E-state index contributed by atoms with van der Waals surface area (Å²) in [7, 11) is 2.15. The smallest absolute Gasteiger partial charge is 0.164 e. The quantitative estimate of drug-likeness (QED) is 0.839. The Hall–Kier alpha value is -0.940. The van der Waals surface area contributed by atoms with E-state index in [-0.39, 0.29) is 5.78 Å². The summed E-state index contributed by atoms with van der Waals surface area (Å²) in [6.07, 6.45) is 2.26. The number of hydrogen-bond acceptors (Lipinski definition) is 5. The van der Waals surface area contributed by atoms with E-state index in [1.807, 2.05) is 6.92 Å². The van der Waals surface area contributed by atoms with Crippen molar-refractivity contribution in [1.29, 1.82) is 0 Å². The molecule has 2 heterocycles. The lowest BCUT2D eigenvalue weighted by Gasteiger charge is -2.29. The molecule has 0 unspecified atom stereocenters. The maximum Gasteiger partial charge on any atom is 0.164 e. The van der Waals surface area contributed by atoms with Gasteiger partial charge in [0.25, 0.3) is 0 Å². The van der Waals surface area contributed by atoms with Crippen LogP contribution >= 0.6 is 11.5 Å². The summed E-state index contributed by atoms with van der Waals surface area (Å²) in [4.78, 5) is 13.9. The van der Waals surface area contributed by atoms with Crippen molar-refractivity contribution in [3.63, 3.8) is 0 Å². The molecule has 94 valence electrons. The van der Waals surface area contributed by atoms with Gasteiger partial charge in [-0.2, -0.15) is 4.37 Å². The molecule has 4 nitrogen and oxygen atoms in total. The van der Waals surface area contributed by atoms with Crippen LogP contribution in [0.1, 0.15) is 35.8 Å². The normalized spacial score (nSPS) is 18.3. The van der Waals surface area contributed by atoms with Crippen LogP contribution in [0.15, 0.2) is 0 Å². The van der Waals surface area contributed by atoms with E-state index in [4.69, 9.17) is 0 Å². The molecule has 1 fully saturated rings. The molecule has 1 saturated heterocycles. The van der Waals surface area contributed by atoms with Gasteiger partial charge >= 0.3 is 0 Å². The lowest BCUT2D eigenvalue weighted by molar-refractivity contribution is 0.101. The fraction of sp³-hybridized carbons (Fsp3) is 0.667. The molecule has 1 aromatic heterocycles. The summed E-state index contributed by atoms with van der Waals surface area (Å²) in [6.45, 7) is 5.74. The van der Waals surface area contributed by atoms with Crippen LogP contribution in [0.3, 0.4) is 0 Å². The molecule has 1 aliphatic rings. The number of carbonyl (C=O) groups is 1. The van der Waals surface area contributed by atoms with Crippen molar-refractivity contribution < 1.29 is 4.79 Å². The summed E-state index contributed by atoms with van der Waals surface area (Å²) in [5, 5.41) is 4.43. The van der Waals surface area contributed by atoms with Crippen molar-refractivity contribution in [2.24, 2.45) is 0 Å². The van der Waals surface area contributed by atoms with Crippen LogP contribution in [-0.2, 0) is 0 Å². The van der Waals surface area contributed by atoms with E-state index in [0.717, 1.165) is 42.2 Å². The van der Waals surface area contributed by atoms with Crippen molar-refractivity contribution >= 4 is 22.3 Å². The zero-order valence-corrected chi connectivity index (χ0v) is 11.4. The maximum absolute atomic E-state index is 11.6. The summed E-state index contributed by atoms with van der Waals surface area (Å²) >= 11 is 1.40. The monoisotopic (exact) mass is 253 g/mol. The number of anilines is 1. The Bertz CT molecular complexity index is 408. The molecule has 0 saturated carbocycles. The Morgan fingerprint density at radius 1 is 1.47 bits per heavy atom. The number of piperidine rings is 1. The highest BCUT2D eigenvalue weighted by Gasteiger charge is 2.20. The molecule has 1 aromatic rings. The van der Waals surface area contributed by atoms with Gasteiger partial charge in [0.2, 0.25) is 0 Å². The van der Waals surface area contributed by atoms with E-state index in [1.54, 1.807) is 6.92 Å². The van der Waals surface area contributed by atoms with Crippen LogP contribution in [0.2, 0.25) is 0 Å². The zero-order valence-electron chi connectivity index (χ0n) is 10.6. The lowest BCUT2D eigenvalue weighted by Crippen LogP contribution is -2.36. The molecule has 0 atom stereocenters. The molecule has 0 radical (unpaired) electrons. The molecule has 5 heteroatoms. The Kier molecular flexibility index (Phi) is 3.79. The standard InChI is InChI=1S/C12H19N3OS/c1-8-11(9(2)16)12(17-14-8)13-10-4-6-15(3)7-5-10/h10,13H,4-7H2,1-3H3. The van der Waals surface area contributed by atoms with Crippen LogP contribution < -0.4 is 5.32 Å². The molecule has 0 aliphatic carbocycles. The highest BCUT2D eigenvalue weighted by molar-refractivity contribution is 7.10. The predicted octanol–water partition coefficient (Wildman–Crippen LogP) is 2.16. The van der Waals surface area contributed by atoms with Gasteiger partial charge in [-0.25, -0.2) is 0 Å². The van der Waals surface area contributed by atoms with Gasteiger partial charge in [0.15, 0.2) is 5.78 Å². The van der Waals surface area contributed by atoms with Gasteiger partial charge in [-0.15, -0.1) is 0 Å². The maximum atomic E-state index is 11.6. The second-order valence-electron chi connectivity index (χ2n) is 4.75. The van der Waals surface area contributed by atoms with Gasteiger partial charge in [-0.1, -0.05) is 0 Å². The van der Waals surface area contributed by atoms with Crippen molar-refractivity contribution in [2.75, 3.05) is 25.5 Å². The minimum Gasteiger partial charge on any atom is -0.372 e. The highest BCUT2D eigenvalue weighted by Crippen LogP contribution is 2.27. The molecule has 0 aromatic carbocycles. The summed E-state index contributed by atoms with van der Waals surface area (Å²) in [5.41, 5.74) is 1.62. The summed E-state index contributed by atoms with van der Waals surface area (Å²) in [5.74, 6) is 0.103. The van der Waals surface area contributed by atoms with Crippen LogP contribution in [0, 0.1) is 6.92 Å². The number of rotatable bonds is 3. The first-order valence-corrected chi connectivity index (χ1v) is 6.77. The summed E-state index contributed by atoms with van der Waals surface area (Å²) in [6, 6.07) is 0.476. The number of aromatic nitrogens is 1. The van der Waals surface area contributed by atoms with Crippen LogP contribution in [0.5, 0.6) is 0 Å². The average Bonchev–Trinajstić information content (AvgIpc) is 2.63. The first-order chi connectivity index (χ1) is 8.08. The number of nitrogens with zero attached hydrogens (tertiary/aromatic N) is 2. The summed E-state index contributed by atoms with van der Waals surface area (Å²) < 4.78 is 4.27. The molecule has 1 N–H and O–H groups in total. The second-order valence-corrected chi connectivity index (χ2v) is 5.52. The van der Waals surface area contributed by atoms with Gasteiger partial charge in [0, 0.05) is 6.04 Å². The molecular weight excluding hydrogens is 234 g/mol. The molecule has 2 rings (SSSR count). The number of nitrogens with one attached hydrogen (secondary N) is 1. The minimum absolute atomic E-state index is 0.103. The van der Waals surface area contributed by atoms with Crippen LogP contribution in [0.4, 0.5) is 5.00 Å². The molecule has 0 amide bonds. The zero-order chi connectivity index (χ0) is 12.4. The van der Waals surface area contributed by atoms with E-state index in [2.05, 4.69) is 21.6 Å².